The summed E-state index contributed by atoms with van der Waals surface area (Å²) in [5.74, 6) is 2.56. The Morgan fingerprint density at radius 3 is 1.18 bits per heavy atom. The van der Waals surface area contributed by atoms with Crippen LogP contribution in [0.3, 0.4) is 0 Å². The van der Waals surface area contributed by atoms with Crippen molar-refractivity contribution in [2.24, 2.45) is 0 Å². The fraction of sp³-hybridized carbons (Fsp3) is 0.553. The Labute approximate surface area is 338 Å². The lowest BCUT2D eigenvalue weighted by molar-refractivity contribution is 0.205. The Morgan fingerprint density at radius 1 is 0.464 bits per heavy atom. The maximum Gasteiger partial charge on any atom is 0.119 e. The minimum atomic E-state index is 0.675. The lowest BCUT2D eigenvalue weighted by Gasteiger charge is -2.26. The molecule has 0 aliphatic carbocycles. The van der Waals surface area contributed by atoms with Gasteiger partial charge in [-0.1, -0.05) is 20.3 Å². The van der Waals surface area contributed by atoms with Crippen LogP contribution in [0.25, 0.3) is 0 Å². The fourth-order valence-electron chi connectivity index (χ4n) is 6.79. The number of piperidine rings is 1. The molecule has 9 nitrogen and oxygen atoms in total. The van der Waals surface area contributed by atoms with Crippen LogP contribution in [-0.4, -0.2) is 93.4 Å². The van der Waals surface area contributed by atoms with E-state index in [0.29, 0.717) is 16.7 Å². The van der Waals surface area contributed by atoms with E-state index in [2.05, 4.69) is 46.8 Å². The molecule has 0 radical (unpaired) electrons. The van der Waals surface area contributed by atoms with Crippen molar-refractivity contribution in [1.29, 1.82) is 15.8 Å². The molecule has 2 fully saturated rings. The van der Waals surface area contributed by atoms with Crippen molar-refractivity contribution in [2.45, 2.75) is 90.9 Å². The van der Waals surface area contributed by atoms with E-state index in [0.717, 1.165) is 69.4 Å². The molecule has 2 heterocycles. The molecule has 2 aliphatic rings. The molecule has 5 rings (SSSR count). The maximum atomic E-state index is 8.73. The maximum absolute atomic E-state index is 8.73. The molecule has 0 unspecified atom stereocenters. The van der Waals surface area contributed by atoms with E-state index in [1.54, 1.807) is 36.4 Å². The van der Waals surface area contributed by atoms with Gasteiger partial charge in [0.25, 0.3) is 0 Å². The van der Waals surface area contributed by atoms with Crippen molar-refractivity contribution in [1.82, 2.24) is 14.7 Å². The van der Waals surface area contributed by atoms with Crippen molar-refractivity contribution in [3.8, 4) is 35.5 Å². The highest BCUT2D eigenvalue weighted by Gasteiger charge is 2.11. The number of unbranched alkanes of at least 4 members (excludes halogenated alkanes) is 2. The summed E-state index contributed by atoms with van der Waals surface area (Å²) in [6, 6.07) is 28.2. The third-order valence-corrected chi connectivity index (χ3v) is 9.84. The van der Waals surface area contributed by atoms with Crippen LogP contribution in [0.15, 0.2) is 72.8 Å². The van der Waals surface area contributed by atoms with Crippen molar-refractivity contribution < 1.29 is 14.2 Å². The molecule has 0 saturated carbocycles. The molecule has 2 saturated heterocycles. The predicted octanol–water partition coefficient (Wildman–Crippen LogP) is 9.47. The zero-order valence-corrected chi connectivity index (χ0v) is 34.3. The second-order valence-corrected chi connectivity index (χ2v) is 14.5. The molecule has 9 heteroatoms. The Balaban J connectivity index is 0.000000226. The third-order valence-electron chi connectivity index (χ3n) is 9.84. The molecule has 2 aliphatic heterocycles. The van der Waals surface area contributed by atoms with Crippen molar-refractivity contribution in [3.63, 3.8) is 0 Å². The number of rotatable bonds is 21. The van der Waals surface area contributed by atoms with Crippen LogP contribution in [0.1, 0.15) is 108 Å². The van der Waals surface area contributed by atoms with Gasteiger partial charge in [-0.15, -0.1) is 0 Å². The molecule has 0 spiro atoms. The first-order chi connectivity index (χ1) is 27.6. The van der Waals surface area contributed by atoms with Crippen LogP contribution in [0.2, 0.25) is 0 Å². The predicted molar refractivity (Wildman–Crippen MR) is 226 cm³/mol. The van der Waals surface area contributed by atoms with Gasteiger partial charge in [0.1, 0.15) is 17.2 Å². The molecule has 56 heavy (non-hydrogen) atoms. The van der Waals surface area contributed by atoms with Crippen LogP contribution in [0.4, 0.5) is 0 Å². The van der Waals surface area contributed by atoms with E-state index in [9.17, 15) is 0 Å². The Hall–Kier alpha value is -4.59. The highest BCUT2D eigenvalue weighted by Crippen LogP contribution is 2.15. The zero-order valence-electron chi connectivity index (χ0n) is 34.3. The highest BCUT2D eigenvalue weighted by atomic mass is 16.5. The van der Waals surface area contributed by atoms with E-state index in [4.69, 9.17) is 30.0 Å². The second kappa shape index (κ2) is 29.7. The van der Waals surface area contributed by atoms with Gasteiger partial charge in [-0.25, -0.2) is 0 Å². The normalized spacial score (nSPS) is 13.9. The summed E-state index contributed by atoms with van der Waals surface area (Å²) in [6.45, 7) is 17.7. The number of nitriles is 3. The number of ether oxygens (including phenoxy) is 3. The number of likely N-dealkylation sites (tertiary alicyclic amines) is 2. The topological polar surface area (TPSA) is 109 Å². The molecule has 0 atom stereocenters. The monoisotopic (exact) mass is 763 g/mol. The highest BCUT2D eigenvalue weighted by molar-refractivity contribution is 5.36. The first kappa shape index (κ1) is 45.8. The van der Waals surface area contributed by atoms with Gasteiger partial charge in [-0.3, -0.25) is 0 Å². The average Bonchev–Trinajstić information content (AvgIpc) is 3.78. The molecular formula is C47H66N6O3. The minimum absolute atomic E-state index is 0.675. The smallest absolute Gasteiger partial charge is 0.119 e. The Bertz CT molecular complexity index is 1540. The van der Waals surface area contributed by atoms with E-state index in [-0.39, 0.29) is 0 Å². The molecule has 0 aromatic heterocycles. The molecule has 0 N–H and O–H groups in total. The third kappa shape index (κ3) is 20.4. The number of benzene rings is 3. The molecule has 302 valence electrons. The molecule has 3 aromatic rings. The molecular weight excluding hydrogens is 697 g/mol. The van der Waals surface area contributed by atoms with Gasteiger partial charge in [-0.05, 0) is 189 Å². The quantitative estimate of drug-likeness (QED) is 0.0981. The van der Waals surface area contributed by atoms with Crippen LogP contribution < -0.4 is 14.2 Å². The lowest BCUT2D eigenvalue weighted by Crippen LogP contribution is -2.31. The summed E-state index contributed by atoms with van der Waals surface area (Å²) in [7, 11) is 0. The van der Waals surface area contributed by atoms with Gasteiger partial charge < -0.3 is 28.9 Å². The summed E-state index contributed by atoms with van der Waals surface area (Å²) < 4.78 is 17.0. The molecule has 0 bridgehead atoms. The van der Waals surface area contributed by atoms with Crippen molar-refractivity contribution >= 4 is 0 Å². The summed E-state index contributed by atoms with van der Waals surface area (Å²) in [5.41, 5.74) is 2.03. The van der Waals surface area contributed by atoms with Gasteiger partial charge in [0.2, 0.25) is 0 Å². The molecule has 0 amide bonds. The van der Waals surface area contributed by atoms with Crippen molar-refractivity contribution in [2.75, 3.05) is 78.7 Å². The van der Waals surface area contributed by atoms with Gasteiger partial charge >= 0.3 is 0 Å². The number of nitrogens with zero attached hydrogens (tertiary/aromatic N) is 6. The van der Waals surface area contributed by atoms with Gasteiger partial charge in [0.05, 0.1) is 54.7 Å². The fourth-order valence-corrected chi connectivity index (χ4v) is 6.79. The van der Waals surface area contributed by atoms with Gasteiger partial charge in [-0.2, -0.15) is 15.8 Å². The summed E-state index contributed by atoms with van der Waals surface area (Å²) >= 11 is 0. The Kier molecular flexibility index (Phi) is 24.3. The molecule has 3 aromatic carbocycles. The van der Waals surface area contributed by atoms with E-state index in [1.165, 1.54) is 104 Å². The van der Waals surface area contributed by atoms with E-state index >= 15 is 0 Å². The first-order valence-corrected chi connectivity index (χ1v) is 21.1. The summed E-state index contributed by atoms with van der Waals surface area (Å²) in [4.78, 5) is 7.56. The van der Waals surface area contributed by atoms with Crippen LogP contribution >= 0.6 is 0 Å². The summed E-state index contributed by atoms with van der Waals surface area (Å²) in [5, 5.41) is 26.1. The SMILES string of the molecule is CCCN(CCC)CCCCCOc1ccc(C#N)cc1.N#Cc1ccc(OCCCN2CCCC2)cc1.N#Cc1ccc(OCCCN2CCCCC2)cc1. The standard InChI is InChI=1S/C18H28N2O.C15H20N2O.C14H18N2O/c1-3-12-20(13-4-2)14-6-5-7-15-21-18-10-8-17(16-19)9-11-18;16-13-14-5-7-15(8-6-14)18-12-4-11-17-9-2-1-3-10-17;15-12-13-4-6-14(7-5-13)17-11-3-10-16-8-1-2-9-16/h8-11H,3-7,12-15H2,1-2H3;5-8H,1-4,9-12H2;4-7H,1-3,8-11H2. The lowest BCUT2D eigenvalue weighted by atomic mass is 10.1. The van der Waals surface area contributed by atoms with Crippen LogP contribution in [0.5, 0.6) is 17.2 Å². The number of hydrogen-bond acceptors (Lipinski definition) is 9. The second-order valence-electron chi connectivity index (χ2n) is 14.5. The van der Waals surface area contributed by atoms with Crippen molar-refractivity contribution in [3.05, 3.63) is 89.5 Å². The van der Waals surface area contributed by atoms with Crippen LogP contribution in [-0.2, 0) is 0 Å². The van der Waals surface area contributed by atoms with Gasteiger partial charge in [0, 0.05) is 13.1 Å². The van der Waals surface area contributed by atoms with E-state index in [1.807, 2.05) is 36.4 Å². The Morgan fingerprint density at radius 2 is 0.821 bits per heavy atom. The largest absolute Gasteiger partial charge is 0.494 e. The summed E-state index contributed by atoms with van der Waals surface area (Å²) in [6.07, 6.45) is 14.9. The van der Waals surface area contributed by atoms with Crippen LogP contribution in [0, 0.1) is 34.0 Å². The van der Waals surface area contributed by atoms with E-state index < -0.39 is 0 Å². The van der Waals surface area contributed by atoms with Gasteiger partial charge in [0.15, 0.2) is 0 Å². The zero-order chi connectivity index (χ0) is 39.9. The average molecular weight is 763 g/mol. The number of hydrogen-bond donors (Lipinski definition) is 0. The minimum Gasteiger partial charge on any atom is -0.494 e. The first-order valence-electron chi connectivity index (χ1n) is 21.1.